The van der Waals surface area contributed by atoms with Crippen molar-refractivity contribution in [3.05, 3.63) is 47.5 Å². The maximum absolute atomic E-state index is 13.7. The number of fused-ring (bicyclic) bond motifs is 5. The second kappa shape index (κ2) is 17.6. The van der Waals surface area contributed by atoms with Crippen LogP contribution < -0.4 is 16.0 Å². The van der Waals surface area contributed by atoms with Gasteiger partial charge >= 0.3 is 5.97 Å². The molecule has 51 heavy (non-hydrogen) atoms. The Morgan fingerprint density at radius 1 is 0.941 bits per heavy atom. The van der Waals surface area contributed by atoms with Crippen molar-refractivity contribution in [1.82, 2.24) is 20.9 Å². The van der Waals surface area contributed by atoms with Crippen LogP contribution in [-0.4, -0.2) is 98.3 Å². The molecule has 0 aromatic heterocycles. The van der Waals surface area contributed by atoms with Crippen LogP contribution in [0.1, 0.15) is 70.5 Å². The minimum atomic E-state index is -1.37. The molecule has 3 rings (SSSR count). The summed E-state index contributed by atoms with van der Waals surface area (Å²) >= 11 is 0. The maximum Gasteiger partial charge on any atom is 0.326 e. The molecular formula is C36H46N4O11. The van der Waals surface area contributed by atoms with E-state index in [4.69, 9.17) is 0 Å². The van der Waals surface area contributed by atoms with Crippen LogP contribution in [0.5, 0.6) is 11.5 Å². The monoisotopic (exact) mass is 710 g/mol. The van der Waals surface area contributed by atoms with Gasteiger partial charge in [0.15, 0.2) is 11.6 Å². The Bertz CT molecular complexity index is 1670. The number of aliphatic hydroxyl groups excluding tert-OH is 1. The number of aliphatic hydroxyl groups is 1. The van der Waals surface area contributed by atoms with Crippen molar-refractivity contribution < 1.29 is 54.0 Å². The summed E-state index contributed by atoms with van der Waals surface area (Å²) in [6.45, 7) is 5.83. The summed E-state index contributed by atoms with van der Waals surface area (Å²) in [5.74, 6) is -6.52. The summed E-state index contributed by atoms with van der Waals surface area (Å²) in [5, 5.41) is 48.4. The van der Waals surface area contributed by atoms with Crippen LogP contribution >= 0.6 is 0 Å². The number of carboxylic acids is 1. The quantitative estimate of drug-likeness (QED) is 0.166. The highest BCUT2D eigenvalue weighted by Gasteiger charge is 2.32. The van der Waals surface area contributed by atoms with Gasteiger partial charge in [-0.1, -0.05) is 32.9 Å². The van der Waals surface area contributed by atoms with Crippen LogP contribution in [-0.2, 0) is 40.0 Å². The first-order chi connectivity index (χ1) is 23.9. The van der Waals surface area contributed by atoms with Crippen molar-refractivity contribution in [1.29, 1.82) is 0 Å². The number of carbonyl (C=O) groups is 7. The highest BCUT2D eigenvalue weighted by atomic mass is 16.4. The molecule has 4 amide bonds. The molecule has 0 spiro atoms. The second-order valence-electron chi connectivity index (χ2n) is 13.3. The van der Waals surface area contributed by atoms with Gasteiger partial charge in [0.05, 0.1) is 12.6 Å². The van der Waals surface area contributed by atoms with Crippen LogP contribution in [0, 0.1) is 11.8 Å². The Balaban J connectivity index is 1.82. The van der Waals surface area contributed by atoms with Gasteiger partial charge in [-0.05, 0) is 48.2 Å². The van der Waals surface area contributed by atoms with Gasteiger partial charge in [-0.2, -0.15) is 0 Å². The number of benzene rings is 2. The standard InChI is InChI=1S/C36H46N4O11/c1-18(2)12-32(47)40(5)26(17-41)35(49)37-20(4)27(42)10-11-31(46)39-33-22-7-9-29(44)24(16-22)23-14-21(6-8-28(23)43)15-25(36(50)51)38-34(48)19(3)13-30(33)45/h6-9,14,16,18-20,25-26,33,41,43-44H,10-13,15,17H2,1-5H3,(H,37,49)(H,38,48)(H,39,46)(H,50,51)/t19-,20-,25+,26-,33+/m1/s1. The molecule has 0 fully saturated rings. The van der Waals surface area contributed by atoms with Gasteiger partial charge in [0.25, 0.3) is 0 Å². The van der Waals surface area contributed by atoms with E-state index >= 15 is 0 Å². The summed E-state index contributed by atoms with van der Waals surface area (Å²) in [7, 11) is 1.38. The molecule has 5 atom stereocenters. The molecule has 7 N–H and O–H groups in total. The third-order valence-electron chi connectivity index (χ3n) is 8.70. The molecule has 1 aliphatic rings. The molecule has 276 valence electrons. The maximum atomic E-state index is 13.7. The van der Waals surface area contributed by atoms with Gasteiger partial charge in [0.1, 0.15) is 29.6 Å². The molecule has 2 aromatic rings. The molecule has 15 nitrogen and oxygen atoms in total. The summed E-state index contributed by atoms with van der Waals surface area (Å²) < 4.78 is 0. The number of rotatable bonds is 12. The van der Waals surface area contributed by atoms with Crippen LogP contribution in [0.3, 0.4) is 0 Å². The van der Waals surface area contributed by atoms with Gasteiger partial charge in [-0.15, -0.1) is 0 Å². The molecule has 4 bridgehead atoms. The normalized spacial score (nSPS) is 18.8. The lowest BCUT2D eigenvalue weighted by atomic mass is 9.90. The van der Waals surface area contributed by atoms with Crippen molar-refractivity contribution in [2.45, 2.75) is 84.0 Å². The number of hydrogen-bond acceptors (Lipinski definition) is 10. The number of nitrogens with one attached hydrogen (secondary N) is 3. The molecule has 1 aliphatic heterocycles. The Morgan fingerprint density at radius 2 is 1.57 bits per heavy atom. The highest BCUT2D eigenvalue weighted by molar-refractivity contribution is 5.96. The van der Waals surface area contributed by atoms with Crippen LogP contribution in [0.25, 0.3) is 11.1 Å². The van der Waals surface area contributed by atoms with E-state index in [1.165, 1.54) is 57.3 Å². The lowest BCUT2D eigenvalue weighted by molar-refractivity contribution is -0.142. The Labute approximate surface area is 295 Å². The van der Waals surface area contributed by atoms with Crippen LogP contribution in [0.15, 0.2) is 36.4 Å². The van der Waals surface area contributed by atoms with Gasteiger partial charge in [-0.3, -0.25) is 28.8 Å². The molecule has 0 unspecified atom stereocenters. The number of phenolic OH excluding ortho intramolecular Hbond substituents is 2. The molecule has 0 aliphatic carbocycles. The van der Waals surface area contributed by atoms with E-state index in [1.54, 1.807) is 0 Å². The van der Waals surface area contributed by atoms with E-state index in [1.807, 2.05) is 13.8 Å². The number of carboxylic acid groups (broad SMARTS) is 1. The van der Waals surface area contributed by atoms with E-state index in [9.17, 15) is 54.0 Å². The number of likely N-dealkylation sites (N-methyl/N-ethyl adjacent to an activating group) is 1. The van der Waals surface area contributed by atoms with Crippen molar-refractivity contribution in [2.75, 3.05) is 13.7 Å². The van der Waals surface area contributed by atoms with E-state index in [2.05, 4.69) is 16.0 Å². The zero-order valence-electron chi connectivity index (χ0n) is 29.3. The first-order valence-corrected chi connectivity index (χ1v) is 16.6. The third kappa shape index (κ3) is 10.6. The van der Waals surface area contributed by atoms with Crippen molar-refractivity contribution in [2.24, 2.45) is 11.8 Å². The predicted molar refractivity (Wildman–Crippen MR) is 183 cm³/mol. The van der Waals surface area contributed by atoms with Crippen molar-refractivity contribution in [3.63, 3.8) is 0 Å². The van der Waals surface area contributed by atoms with E-state index in [-0.39, 0.29) is 59.3 Å². The number of nitrogens with zero attached hydrogens (tertiary/aromatic N) is 1. The summed E-state index contributed by atoms with van der Waals surface area (Å²) in [4.78, 5) is 91.1. The van der Waals surface area contributed by atoms with Gasteiger partial charge in [0, 0.05) is 56.2 Å². The van der Waals surface area contributed by atoms with Gasteiger partial charge in [0.2, 0.25) is 23.6 Å². The summed E-state index contributed by atoms with van der Waals surface area (Å²) in [6.07, 6.45) is -1.14. The fourth-order valence-corrected chi connectivity index (χ4v) is 5.61. The van der Waals surface area contributed by atoms with E-state index in [0.717, 1.165) is 4.90 Å². The van der Waals surface area contributed by atoms with Gasteiger partial charge in [-0.25, -0.2) is 4.79 Å². The number of Topliss-reactive ketones (excluding diaryl/α,β-unsaturated/α-hetero) is 2. The minimum Gasteiger partial charge on any atom is -0.507 e. The zero-order chi connectivity index (χ0) is 38.2. The Kier molecular flexibility index (Phi) is 13.8. The Morgan fingerprint density at radius 3 is 2.18 bits per heavy atom. The lowest BCUT2D eigenvalue weighted by Crippen LogP contribution is -2.53. The highest BCUT2D eigenvalue weighted by Crippen LogP contribution is 2.38. The largest absolute Gasteiger partial charge is 0.507 e. The molecule has 0 saturated heterocycles. The van der Waals surface area contributed by atoms with E-state index in [0.29, 0.717) is 5.56 Å². The zero-order valence-corrected chi connectivity index (χ0v) is 29.3. The number of aromatic hydroxyl groups is 2. The van der Waals surface area contributed by atoms with Crippen LogP contribution in [0.4, 0.5) is 0 Å². The first kappa shape index (κ1) is 40.1. The van der Waals surface area contributed by atoms with Crippen LogP contribution in [0.2, 0.25) is 0 Å². The minimum absolute atomic E-state index is 0.0231. The topological polar surface area (TPSA) is 240 Å². The first-order valence-electron chi connectivity index (χ1n) is 16.6. The number of hydrogen-bond donors (Lipinski definition) is 7. The van der Waals surface area contributed by atoms with Crippen molar-refractivity contribution in [3.8, 4) is 22.6 Å². The fraction of sp³-hybridized carbons (Fsp3) is 0.472. The molecule has 15 heteroatoms. The number of amides is 4. The summed E-state index contributed by atoms with van der Waals surface area (Å²) in [6, 6.07) is 3.26. The number of phenols is 2. The molecule has 2 aromatic carbocycles. The fourth-order valence-electron chi connectivity index (χ4n) is 5.61. The molecular weight excluding hydrogens is 664 g/mol. The molecule has 1 heterocycles. The molecule has 0 saturated carbocycles. The average molecular weight is 711 g/mol. The second-order valence-corrected chi connectivity index (χ2v) is 13.3. The molecule has 0 radical (unpaired) electrons. The number of carbonyl (C=O) groups excluding carboxylic acids is 6. The number of aliphatic carboxylic acids is 1. The predicted octanol–water partition coefficient (Wildman–Crippen LogP) is 1.36. The number of ketones is 2. The Hall–Kier alpha value is -5.31. The third-order valence-corrected chi connectivity index (χ3v) is 8.70. The van der Waals surface area contributed by atoms with Gasteiger partial charge < -0.3 is 41.3 Å². The average Bonchev–Trinajstić information content (AvgIpc) is 3.06. The SMILES string of the molecule is CC(C)CC(=O)N(C)[C@H](CO)C(=O)N[C@H](C)C(=O)CCC(=O)N[C@@H]1C(=O)C[C@@H](C)C(=O)N[C@H](C(=O)O)Cc2ccc(O)c(c2)-c2cc1ccc2O. The smallest absolute Gasteiger partial charge is 0.326 e. The van der Waals surface area contributed by atoms with E-state index < -0.39 is 84.8 Å². The summed E-state index contributed by atoms with van der Waals surface area (Å²) in [5.41, 5.74) is 0.847. The lowest BCUT2D eigenvalue weighted by Gasteiger charge is -2.27. The van der Waals surface area contributed by atoms with Crippen molar-refractivity contribution >= 4 is 41.2 Å².